The highest BCUT2D eigenvalue weighted by atomic mass is 32.2. The van der Waals surface area contributed by atoms with E-state index in [2.05, 4.69) is 23.6 Å². The highest BCUT2D eigenvalue weighted by Crippen LogP contribution is 2.14. The van der Waals surface area contributed by atoms with Gasteiger partial charge in [-0.15, -0.1) is 0 Å². The van der Waals surface area contributed by atoms with Crippen molar-refractivity contribution in [2.45, 2.75) is 32.6 Å². The molecule has 1 aliphatic heterocycles. The fraction of sp³-hybridized carbons (Fsp3) is 1.00. The minimum absolute atomic E-state index is 0.379. The van der Waals surface area contributed by atoms with Crippen molar-refractivity contribution in [2.24, 2.45) is 5.92 Å². The second-order valence-electron chi connectivity index (χ2n) is 4.43. The van der Waals surface area contributed by atoms with Crippen LogP contribution in [0.15, 0.2) is 0 Å². The van der Waals surface area contributed by atoms with Gasteiger partial charge in [-0.2, -0.15) is 11.8 Å². The van der Waals surface area contributed by atoms with Gasteiger partial charge in [-0.3, -0.25) is 0 Å². The molecule has 0 radical (unpaired) electrons. The summed E-state index contributed by atoms with van der Waals surface area (Å²) in [5, 5.41) is 9.18. The first kappa shape index (κ1) is 13.3. The molecule has 1 heterocycles. The molecule has 0 aliphatic carbocycles. The van der Waals surface area contributed by atoms with Crippen molar-refractivity contribution < 1.29 is 5.11 Å². The molecule has 1 aliphatic rings. The molecule has 1 atom stereocenters. The van der Waals surface area contributed by atoms with Gasteiger partial charge in [-0.05, 0) is 31.7 Å². The first-order chi connectivity index (χ1) is 7.36. The van der Waals surface area contributed by atoms with Crippen LogP contribution in [0, 0.1) is 5.92 Å². The third-order valence-corrected chi connectivity index (χ3v) is 4.09. The smallest absolute Gasteiger partial charge is 0.0459 e. The van der Waals surface area contributed by atoms with E-state index in [0.29, 0.717) is 12.5 Å². The Labute approximate surface area is 98.4 Å². The zero-order valence-corrected chi connectivity index (χ0v) is 10.8. The maximum Gasteiger partial charge on any atom is 0.0459 e. The standard InChI is InChI=1S/C12H25NOS/c1-2-4-12(11-14)5-3-6-13-7-9-15-10-8-13/h12,14H,2-11H2,1H3/t12-/m1/s1. The topological polar surface area (TPSA) is 23.5 Å². The van der Waals surface area contributed by atoms with Crippen molar-refractivity contribution >= 4 is 11.8 Å². The second-order valence-corrected chi connectivity index (χ2v) is 5.66. The molecule has 1 saturated heterocycles. The minimum Gasteiger partial charge on any atom is -0.396 e. The lowest BCUT2D eigenvalue weighted by atomic mass is 9.99. The van der Waals surface area contributed by atoms with Gasteiger partial charge in [-0.25, -0.2) is 0 Å². The summed E-state index contributed by atoms with van der Waals surface area (Å²) in [5.74, 6) is 3.16. The largest absolute Gasteiger partial charge is 0.396 e. The molecule has 0 aromatic rings. The van der Waals surface area contributed by atoms with Crippen LogP contribution in [0.2, 0.25) is 0 Å². The number of hydrogen-bond acceptors (Lipinski definition) is 3. The average Bonchev–Trinajstić information content (AvgIpc) is 2.29. The number of rotatable bonds is 7. The van der Waals surface area contributed by atoms with E-state index in [9.17, 15) is 5.11 Å². The van der Waals surface area contributed by atoms with Crippen molar-refractivity contribution in [2.75, 3.05) is 37.7 Å². The SMILES string of the molecule is CCC[C@@H](CO)CCCN1CCSCC1. The number of aliphatic hydroxyl groups excluding tert-OH is 1. The molecule has 1 rings (SSSR count). The molecule has 1 fully saturated rings. The van der Waals surface area contributed by atoms with Crippen molar-refractivity contribution in [1.82, 2.24) is 4.90 Å². The quantitative estimate of drug-likeness (QED) is 0.727. The van der Waals surface area contributed by atoms with Crippen LogP contribution in [0.3, 0.4) is 0 Å². The Bertz CT molecular complexity index is 144. The maximum absolute atomic E-state index is 9.18. The van der Waals surface area contributed by atoms with Crippen LogP contribution >= 0.6 is 11.8 Å². The highest BCUT2D eigenvalue weighted by molar-refractivity contribution is 7.99. The Morgan fingerprint density at radius 3 is 2.60 bits per heavy atom. The normalized spacial score (nSPS) is 20.4. The van der Waals surface area contributed by atoms with Crippen molar-refractivity contribution in [3.05, 3.63) is 0 Å². The van der Waals surface area contributed by atoms with Crippen LogP contribution in [0.4, 0.5) is 0 Å². The van der Waals surface area contributed by atoms with E-state index in [-0.39, 0.29) is 0 Å². The van der Waals surface area contributed by atoms with Gasteiger partial charge < -0.3 is 10.0 Å². The van der Waals surface area contributed by atoms with Gasteiger partial charge in [-0.1, -0.05) is 13.3 Å². The average molecular weight is 231 g/mol. The Balaban J connectivity index is 2.03. The van der Waals surface area contributed by atoms with Gasteiger partial charge in [0.15, 0.2) is 0 Å². The van der Waals surface area contributed by atoms with E-state index in [0.717, 1.165) is 0 Å². The predicted octanol–water partition coefficient (Wildman–Crippen LogP) is 2.22. The van der Waals surface area contributed by atoms with Crippen LogP contribution < -0.4 is 0 Å². The van der Waals surface area contributed by atoms with Crippen molar-refractivity contribution in [1.29, 1.82) is 0 Å². The number of nitrogens with zero attached hydrogens (tertiary/aromatic N) is 1. The lowest BCUT2D eigenvalue weighted by molar-refractivity contribution is 0.199. The van der Waals surface area contributed by atoms with Crippen LogP contribution in [0.1, 0.15) is 32.6 Å². The zero-order valence-electron chi connectivity index (χ0n) is 9.95. The Morgan fingerprint density at radius 2 is 2.00 bits per heavy atom. The fourth-order valence-corrected chi connectivity index (χ4v) is 3.14. The zero-order chi connectivity index (χ0) is 10.9. The molecular weight excluding hydrogens is 206 g/mol. The van der Waals surface area contributed by atoms with Crippen LogP contribution in [0.5, 0.6) is 0 Å². The third-order valence-electron chi connectivity index (χ3n) is 3.15. The van der Waals surface area contributed by atoms with Gasteiger partial charge in [0, 0.05) is 31.2 Å². The summed E-state index contributed by atoms with van der Waals surface area (Å²) in [5.41, 5.74) is 0. The summed E-state index contributed by atoms with van der Waals surface area (Å²) < 4.78 is 0. The number of thioether (sulfide) groups is 1. The van der Waals surface area contributed by atoms with Gasteiger partial charge in [0.1, 0.15) is 0 Å². The first-order valence-corrected chi connectivity index (χ1v) is 7.43. The fourth-order valence-electron chi connectivity index (χ4n) is 2.16. The molecule has 15 heavy (non-hydrogen) atoms. The summed E-state index contributed by atoms with van der Waals surface area (Å²) in [4.78, 5) is 2.57. The van der Waals surface area contributed by atoms with E-state index in [4.69, 9.17) is 0 Å². The van der Waals surface area contributed by atoms with E-state index in [1.54, 1.807) is 0 Å². The van der Waals surface area contributed by atoms with Gasteiger partial charge in [0.05, 0.1) is 0 Å². The van der Waals surface area contributed by atoms with Gasteiger partial charge >= 0.3 is 0 Å². The van der Waals surface area contributed by atoms with Crippen molar-refractivity contribution in [3.63, 3.8) is 0 Å². The number of aliphatic hydroxyl groups is 1. The minimum atomic E-state index is 0.379. The third kappa shape index (κ3) is 5.79. The van der Waals surface area contributed by atoms with Gasteiger partial charge in [0.2, 0.25) is 0 Å². The molecule has 0 spiro atoms. The van der Waals surface area contributed by atoms with E-state index in [1.165, 1.54) is 56.8 Å². The Hall–Kier alpha value is 0.270. The molecule has 1 N–H and O–H groups in total. The highest BCUT2D eigenvalue weighted by Gasteiger charge is 2.11. The molecule has 0 aromatic heterocycles. The Morgan fingerprint density at radius 1 is 1.27 bits per heavy atom. The lowest BCUT2D eigenvalue weighted by Crippen LogP contribution is -2.33. The van der Waals surface area contributed by atoms with Crippen LogP contribution in [-0.2, 0) is 0 Å². The molecule has 2 nitrogen and oxygen atoms in total. The second kappa shape index (κ2) is 8.43. The summed E-state index contributed by atoms with van der Waals surface area (Å²) in [7, 11) is 0. The monoisotopic (exact) mass is 231 g/mol. The molecule has 0 bridgehead atoms. The molecule has 90 valence electrons. The lowest BCUT2D eigenvalue weighted by Gasteiger charge is -2.26. The van der Waals surface area contributed by atoms with E-state index >= 15 is 0 Å². The summed E-state index contributed by atoms with van der Waals surface area (Å²) >= 11 is 2.07. The Kier molecular flexibility index (Phi) is 7.49. The van der Waals surface area contributed by atoms with Gasteiger partial charge in [0.25, 0.3) is 0 Å². The summed E-state index contributed by atoms with van der Waals surface area (Å²) in [6.45, 7) is 6.35. The van der Waals surface area contributed by atoms with E-state index < -0.39 is 0 Å². The summed E-state index contributed by atoms with van der Waals surface area (Å²) in [6, 6.07) is 0. The molecule has 0 amide bonds. The van der Waals surface area contributed by atoms with Crippen molar-refractivity contribution in [3.8, 4) is 0 Å². The van der Waals surface area contributed by atoms with E-state index in [1.807, 2.05) is 0 Å². The van der Waals surface area contributed by atoms with Crippen LogP contribution in [0.25, 0.3) is 0 Å². The molecule has 3 heteroatoms. The molecule has 0 saturated carbocycles. The molecule has 0 aromatic carbocycles. The first-order valence-electron chi connectivity index (χ1n) is 6.27. The predicted molar refractivity (Wildman–Crippen MR) is 68.5 cm³/mol. The van der Waals surface area contributed by atoms with Crippen LogP contribution in [-0.4, -0.2) is 47.8 Å². The molecule has 0 unspecified atom stereocenters. The molecular formula is C12H25NOS. The summed E-state index contributed by atoms with van der Waals surface area (Å²) in [6.07, 6.45) is 4.85. The maximum atomic E-state index is 9.18. The number of hydrogen-bond donors (Lipinski definition) is 1.